The standard InChI is InChI=1S/C61H66N3O.Pt/c1-38(2)48-34-45(59(6,7)8)35-49(40-24-19-16-20-25-40)55(48)64-53-27-21-26-47(54(53)63-57(64)50-36-46(60(9,10)11)37-51(56(50)65)61(12,13)14)42-30-43(32-44(31-42)58(3,4)5)52-33-41(28-29-62-52)39-22-17-15-18-23-39;/h15-29,31-38,65H,1-14H3;/q-1;. The second-order valence-corrected chi connectivity index (χ2v) is 22.3. The smallest absolute Gasteiger partial charge is 0.148 e. The molecule has 8 rings (SSSR count). The summed E-state index contributed by atoms with van der Waals surface area (Å²) in [7, 11) is 0. The minimum atomic E-state index is -0.334. The third-order valence-corrected chi connectivity index (χ3v) is 12.8. The molecule has 6 aromatic carbocycles. The van der Waals surface area contributed by atoms with Crippen molar-refractivity contribution in [2.75, 3.05) is 0 Å². The Balaban J connectivity index is 0.00000648. The van der Waals surface area contributed by atoms with E-state index in [1.165, 1.54) is 16.7 Å². The molecule has 0 bridgehead atoms. The number of nitrogens with zero attached hydrogens (tertiary/aromatic N) is 3. The fourth-order valence-electron chi connectivity index (χ4n) is 8.82. The second kappa shape index (κ2) is 17.9. The van der Waals surface area contributed by atoms with E-state index in [0.717, 1.165) is 72.5 Å². The number of fused-ring (bicyclic) bond motifs is 1. The number of rotatable bonds is 7. The Labute approximate surface area is 408 Å². The van der Waals surface area contributed by atoms with Crippen molar-refractivity contribution in [2.45, 2.75) is 125 Å². The van der Waals surface area contributed by atoms with Gasteiger partial charge in [0.15, 0.2) is 0 Å². The Morgan fingerprint density at radius 2 is 1.09 bits per heavy atom. The molecule has 4 nitrogen and oxygen atoms in total. The summed E-state index contributed by atoms with van der Waals surface area (Å²) < 4.78 is 2.36. The Kier molecular flexibility index (Phi) is 13.1. The van der Waals surface area contributed by atoms with Gasteiger partial charge in [-0.1, -0.05) is 199 Å². The number of hydrogen-bond acceptors (Lipinski definition) is 3. The average molecular weight is 1050 g/mol. The zero-order valence-corrected chi connectivity index (χ0v) is 43.7. The minimum Gasteiger partial charge on any atom is -0.507 e. The van der Waals surface area contributed by atoms with Crippen LogP contribution in [0.25, 0.3) is 72.7 Å². The molecule has 0 fully saturated rings. The summed E-state index contributed by atoms with van der Waals surface area (Å²) in [5, 5.41) is 12.7. The Morgan fingerprint density at radius 3 is 1.68 bits per heavy atom. The third kappa shape index (κ3) is 9.50. The van der Waals surface area contributed by atoms with Gasteiger partial charge in [0.25, 0.3) is 0 Å². The Hall–Kier alpha value is -5.57. The molecule has 2 heterocycles. The van der Waals surface area contributed by atoms with Gasteiger partial charge < -0.3 is 5.11 Å². The van der Waals surface area contributed by atoms with Crippen LogP contribution >= 0.6 is 0 Å². The first-order chi connectivity index (χ1) is 30.5. The summed E-state index contributed by atoms with van der Waals surface area (Å²) in [5.74, 6) is 1.13. The predicted octanol–water partition coefficient (Wildman–Crippen LogP) is 16.6. The fraction of sp³-hybridized carbons (Fsp3) is 0.311. The van der Waals surface area contributed by atoms with Crippen LogP contribution in [0.15, 0.2) is 134 Å². The van der Waals surface area contributed by atoms with Crippen LogP contribution in [-0.4, -0.2) is 19.6 Å². The van der Waals surface area contributed by atoms with Gasteiger partial charge in [-0.15, -0.1) is 29.3 Å². The molecule has 66 heavy (non-hydrogen) atoms. The number of imidazole rings is 1. The summed E-state index contributed by atoms with van der Waals surface area (Å²) in [4.78, 5) is 10.7. The van der Waals surface area contributed by atoms with E-state index in [4.69, 9.17) is 9.97 Å². The summed E-state index contributed by atoms with van der Waals surface area (Å²) >= 11 is 0. The van der Waals surface area contributed by atoms with Crippen molar-refractivity contribution in [1.82, 2.24) is 14.5 Å². The van der Waals surface area contributed by atoms with Gasteiger partial charge in [-0.3, -0.25) is 9.55 Å². The molecule has 0 aliphatic heterocycles. The first-order valence-corrected chi connectivity index (χ1v) is 23.2. The molecule has 0 amide bonds. The normalized spacial score (nSPS) is 12.5. The molecular weight excluding hydrogens is 986 g/mol. The summed E-state index contributed by atoms with van der Waals surface area (Å²) in [6, 6.07) is 49.5. The first kappa shape index (κ1) is 48.4. The fourth-order valence-corrected chi connectivity index (χ4v) is 8.82. The second-order valence-electron chi connectivity index (χ2n) is 22.3. The van der Waals surface area contributed by atoms with E-state index < -0.39 is 0 Å². The van der Waals surface area contributed by atoms with Crippen LogP contribution in [0.4, 0.5) is 0 Å². The monoisotopic (exact) mass is 1050 g/mol. The van der Waals surface area contributed by atoms with Gasteiger partial charge in [0.05, 0.1) is 22.3 Å². The number of hydrogen-bond donors (Lipinski definition) is 1. The van der Waals surface area contributed by atoms with Crippen molar-refractivity contribution in [3.8, 4) is 67.5 Å². The van der Waals surface area contributed by atoms with Crippen LogP contribution in [0.1, 0.15) is 131 Å². The van der Waals surface area contributed by atoms with Crippen LogP contribution in [-0.2, 0) is 42.7 Å². The maximum absolute atomic E-state index is 12.7. The Bertz CT molecular complexity index is 3040. The molecule has 0 saturated carbocycles. The van der Waals surface area contributed by atoms with Gasteiger partial charge in [0, 0.05) is 44.1 Å². The van der Waals surface area contributed by atoms with Crippen LogP contribution < -0.4 is 0 Å². The number of phenols is 1. The summed E-state index contributed by atoms with van der Waals surface area (Å²) in [6.07, 6.45) is 1.90. The SMILES string of the molecule is CC(C)c1cc(C(C)(C)C)cc(-c2ccccc2)c1-n1c(-c2cc(C(C)(C)C)cc(C(C)(C)C)c2O)nc2c(-c3[c-]c(-c4cc(-c5ccccc5)ccn4)cc(C(C)(C)C)c3)cccc21.[Pt]. The van der Waals surface area contributed by atoms with Gasteiger partial charge in [-0.2, -0.15) is 0 Å². The van der Waals surface area contributed by atoms with Crippen molar-refractivity contribution in [1.29, 1.82) is 0 Å². The molecule has 8 aromatic rings. The molecule has 0 radical (unpaired) electrons. The van der Waals surface area contributed by atoms with Gasteiger partial charge in [-0.05, 0) is 85.2 Å². The Morgan fingerprint density at radius 1 is 0.530 bits per heavy atom. The number of pyridine rings is 1. The predicted molar refractivity (Wildman–Crippen MR) is 275 cm³/mol. The first-order valence-electron chi connectivity index (χ1n) is 23.2. The van der Waals surface area contributed by atoms with E-state index in [0.29, 0.717) is 11.4 Å². The van der Waals surface area contributed by atoms with Crippen LogP contribution in [0, 0.1) is 6.07 Å². The van der Waals surface area contributed by atoms with E-state index in [2.05, 4.69) is 229 Å². The van der Waals surface area contributed by atoms with E-state index in [9.17, 15) is 5.11 Å². The maximum atomic E-state index is 12.7. The van der Waals surface area contributed by atoms with Gasteiger partial charge in [0.1, 0.15) is 11.6 Å². The number of benzene rings is 6. The largest absolute Gasteiger partial charge is 0.507 e. The third-order valence-electron chi connectivity index (χ3n) is 12.8. The molecule has 342 valence electrons. The molecule has 0 atom stereocenters. The van der Waals surface area contributed by atoms with Crippen LogP contribution in [0.5, 0.6) is 5.75 Å². The van der Waals surface area contributed by atoms with E-state index in [-0.39, 0.29) is 54.4 Å². The van der Waals surface area contributed by atoms with Gasteiger partial charge >= 0.3 is 0 Å². The molecule has 0 aliphatic carbocycles. The van der Waals surface area contributed by atoms with Crippen molar-refractivity contribution in [3.63, 3.8) is 0 Å². The van der Waals surface area contributed by atoms with E-state index in [1.807, 2.05) is 12.3 Å². The van der Waals surface area contributed by atoms with Crippen LogP contribution in [0.2, 0.25) is 0 Å². The molecule has 0 saturated heterocycles. The molecule has 5 heteroatoms. The van der Waals surface area contributed by atoms with E-state index in [1.54, 1.807) is 0 Å². The number of phenolic OH excluding ortho intramolecular Hbond substituents is 1. The molecule has 1 N–H and O–H groups in total. The number of aromatic nitrogens is 3. The molecule has 0 unspecified atom stereocenters. The molecule has 0 spiro atoms. The molecular formula is C61H66N3OPt-. The molecule has 2 aromatic heterocycles. The summed E-state index contributed by atoms with van der Waals surface area (Å²) in [5.41, 5.74) is 16.7. The van der Waals surface area contributed by atoms with Crippen molar-refractivity contribution in [2.24, 2.45) is 0 Å². The number of para-hydroxylation sites is 1. The summed E-state index contributed by atoms with van der Waals surface area (Å²) in [6.45, 7) is 31.5. The van der Waals surface area contributed by atoms with Crippen LogP contribution in [0.3, 0.4) is 0 Å². The maximum Gasteiger partial charge on any atom is 0.148 e. The van der Waals surface area contributed by atoms with E-state index >= 15 is 0 Å². The average Bonchev–Trinajstić information content (AvgIpc) is 3.64. The van der Waals surface area contributed by atoms with Crippen molar-refractivity contribution >= 4 is 11.0 Å². The zero-order chi connectivity index (χ0) is 46.8. The van der Waals surface area contributed by atoms with Crippen molar-refractivity contribution in [3.05, 3.63) is 167 Å². The minimum absolute atomic E-state index is 0. The quantitative estimate of drug-likeness (QED) is 0.162. The van der Waals surface area contributed by atoms with Gasteiger partial charge in [-0.25, -0.2) is 4.98 Å². The topological polar surface area (TPSA) is 50.9 Å². The van der Waals surface area contributed by atoms with Gasteiger partial charge in [0.2, 0.25) is 0 Å². The van der Waals surface area contributed by atoms with Crippen molar-refractivity contribution < 1.29 is 26.2 Å². The molecule has 0 aliphatic rings. The zero-order valence-electron chi connectivity index (χ0n) is 41.4. The number of aromatic hydroxyl groups is 1.